The maximum atomic E-state index is 11.5. The fourth-order valence-corrected chi connectivity index (χ4v) is 5.09. The van der Waals surface area contributed by atoms with Gasteiger partial charge in [0.15, 0.2) is 9.84 Å². The Kier molecular flexibility index (Phi) is 7.00. The SMILES string of the molecule is CCCCCCCCCCC1(C(=O)O)CCS(=O)(=O)C1. The molecule has 1 heterocycles. The van der Waals surface area contributed by atoms with Crippen LogP contribution in [0.4, 0.5) is 0 Å². The minimum absolute atomic E-state index is 0.0380. The molecule has 1 atom stereocenters. The second-order valence-corrected chi connectivity index (χ2v) is 8.34. The molecule has 0 saturated carbocycles. The molecule has 0 spiro atoms. The summed E-state index contributed by atoms with van der Waals surface area (Å²) in [6.45, 7) is 2.20. The van der Waals surface area contributed by atoms with Crippen molar-refractivity contribution in [2.24, 2.45) is 5.41 Å². The van der Waals surface area contributed by atoms with E-state index in [0.717, 1.165) is 19.3 Å². The van der Waals surface area contributed by atoms with Gasteiger partial charge in [-0.25, -0.2) is 8.42 Å². The van der Waals surface area contributed by atoms with E-state index >= 15 is 0 Å². The van der Waals surface area contributed by atoms with Crippen molar-refractivity contribution < 1.29 is 18.3 Å². The minimum Gasteiger partial charge on any atom is -0.481 e. The molecule has 1 fully saturated rings. The van der Waals surface area contributed by atoms with E-state index in [4.69, 9.17) is 0 Å². The van der Waals surface area contributed by atoms with Gasteiger partial charge in [0.05, 0.1) is 16.9 Å². The lowest BCUT2D eigenvalue weighted by Gasteiger charge is -2.22. The first-order valence-electron chi connectivity index (χ1n) is 7.86. The van der Waals surface area contributed by atoms with Crippen LogP contribution >= 0.6 is 0 Å². The van der Waals surface area contributed by atoms with Gasteiger partial charge < -0.3 is 5.11 Å². The summed E-state index contributed by atoms with van der Waals surface area (Å²) in [5.41, 5.74) is -0.999. The quantitative estimate of drug-likeness (QED) is 0.628. The van der Waals surface area contributed by atoms with E-state index in [9.17, 15) is 18.3 Å². The number of sulfone groups is 1. The Morgan fingerprint density at radius 1 is 1.05 bits per heavy atom. The monoisotopic (exact) mass is 304 g/mol. The molecule has 0 aromatic heterocycles. The van der Waals surface area contributed by atoms with E-state index in [1.54, 1.807) is 0 Å². The topological polar surface area (TPSA) is 71.4 Å². The smallest absolute Gasteiger partial charge is 0.310 e. The highest BCUT2D eigenvalue weighted by Gasteiger charge is 2.47. The van der Waals surface area contributed by atoms with Crippen LogP contribution in [0.15, 0.2) is 0 Å². The first-order valence-corrected chi connectivity index (χ1v) is 9.68. The van der Waals surface area contributed by atoms with Crippen LogP contribution in [0.25, 0.3) is 0 Å². The molecule has 4 nitrogen and oxygen atoms in total. The third kappa shape index (κ3) is 5.43. The third-order valence-electron chi connectivity index (χ3n) is 4.35. The lowest BCUT2D eigenvalue weighted by atomic mass is 9.82. The Morgan fingerprint density at radius 3 is 2.05 bits per heavy atom. The second-order valence-electron chi connectivity index (χ2n) is 6.15. The summed E-state index contributed by atoms with van der Waals surface area (Å²) in [5.74, 6) is -1.05. The lowest BCUT2D eigenvalue weighted by molar-refractivity contribution is -0.147. The van der Waals surface area contributed by atoms with Gasteiger partial charge in [0.1, 0.15) is 0 Å². The maximum absolute atomic E-state index is 11.5. The molecule has 0 aliphatic carbocycles. The average Bonchev–Trinajstić information content (AvgIpc) is 2.70. The molecular formula is C15H28O4S. The van der Waals surface area contributed by atoms with Crippen LogP contribution < -0.4 is 0 Å². The number of hydrogen-bond donors (Lipinski definition) is 1. The van der Waals surface area contributed by atoms with Crippen LogP contribution in [0.2, 0.25) is 0 Å². The van der Waals surface area contributed by atoms with Gasteiger partial charge >= 0.3 is 5.97 Å². The number of aliphatic carboxylic acids is 1. The van der Waals surface area contributed by atoms with E-state index in [1.807, 2.05) is 0 Å². The highest BCUT2D eigenvalue weighted by Crippen LogP contribution is 2.37. The average molecular weight is 304 g/mol. The molecule has 0 amide bonds. The summed E-state index contributed by atoms with van der Waals surface area (Å²) in [6, 6.07) is 0. The molecule has 1 saturated heterocycles. The largest absolute Gasteiger partial charge is 0.481 e. The highest BCUT2D eigenvalue weighted by molar-refractivity contribution is 7.91. The van der Waals surface area contributed by atoms with Crippen molar-refractivity contribution in [1.29, 1.82) is 0 Å². The Bertz CT molecular complexity index is 402. The van der Waals surface area contributed by atoms with Gasteiger partial charge in [-0.2, -0.15) is 0 Å². The van der Waals surface area contributed by atoms with Crippen molar-refractivity contribution in [2.45, 2.75) is 71.1 Å². The zero-order valence-corrected chi connectivity index (χ0v) is 13.4. The Balaban J connectivity index is 2.23. The lowest BCUT2D eigenvalue weighted by Crippen LogP contribution is -2.32. The number of carboxylic acid groups (broad SMARTS) is 1. The Morgan fingerprint density at radius 2 is 1.60 bits per heavy atom. The van der Waals surface area contributed by atoms with Gasteiger partial charge in [-0.15, -0.1) is 0 Å². The summed E-state index contributed by atoms with van der Waals surface area (Å²) >= 11 is 0. The minimum atomic E-state index is -3.14. The van der Waals surface area contributed by atoms with Gasteiger partial charge in [0.2, 0.25) is 0 Å². The summed E-state index contributed by atoms with van der Waals surface area (Å²) in [7, 11) is -3.14. The molecule has 1 aliphatic rings. The normalized spacial score (nSPS) is 24.9. The first-order chi connectivity index (χ1) is 9.42. The summed E-state index contributed by atoms with van der Waals surface area (Å²) in [6.07, 6.45) is 10.1. The molecule has 0 radical (unpaired) electrons. The number of carboxylic acids is 1. The number of rotatable bonds is 10. The summed E-state index contributed by atoms with van der Waals surface area (Å²) < 4.78 is 23.0. The van der Waals surface area contributed by atoms with E-state index in [2.05, 4.69) is 6.92 Å². The highest BCUT2D eigenvalue weighted by atomic mass is 32.2. The zero-order valence-electron chi connectivity index (χ0n) is 12.6. The zero-order chi connectivity index (χ0) is 15.1. The predicted molar refractivity (Wildman–Crippen MR) is 80.6 cm³/mol. The number of carbonyl (C=O) groups is 1. The molecule has 0 aromatic carbocycles. The molecule has 1 rings (SSSR count). The fourth-order valence-electron chi connectivity index (χ4n) is 2.99. The third-order valence-corrected chi connectivity index (χ3v) is 6.17. The van der Waals surface area contributed by atoms with E-state index < -0.39 is 21.2 Å². The number of hydrogen-bond acceptors (Lipinski definition) is 3. The van der Waals surface area contributed by atoms with Crippen LogP contribution in [0, 0.1) is 5.41 Å². The molecular weight excluding hydrogens is 276 g/mol. The Labute approximate surface area is 122 Å². The first kappa shape index (κ1) is 17.5. The van der Waals surface area contributed by atoms with Crippen LogP contribution in [0.1, 0.15) is 71.1 Å². The van der Waals surface area contributed by atoms with Crippen molar-refractivity contribution in [3.05, 3.63) is 0 Å². The van der Waals surface area contributed by atoms with Gasteiger partial charge in [0, 0.05) is 0 Å². The van der Waals surface area contributed by atoms with Crippen molar-refractivity contribution >= 4 is 15.8 Å². The summed E-state index contributed by atoms with van der Waals surface area (Å²) in [5, 5.41) is 9.33. The molecule has 0 aromatic rings. The fraction of sp³-hybridized carbons (Fsp3) is 0.933. The van der Waals surface area contributed by atoms with E-state index in [0.29, 0.717) is 12.8 Å². The number of unbranched alkanes of at least 4 members (excludes halogenated alkanes) is 7. The van der Waals surface area contributed by atoms with Crippen LogP contribution in [-0.2, 0) is 14.6 Å². The summed E-state index contributed by atoms with van der Waals surface area (Å²) in [4.78, 5) is 11.4. The molecule has 1 aliphatic heterocycles. The predicted octanol–water partition coefficient (Wildman–Crippen LogP) is 3.41. The second kappa shape index (κ2) is 8.01. The molecule has 118 valence electrons. The van der Waals surface area contributed by atoms with Gasteiger partial charge in [0.25, 0.3) is 0 Å². The van der Waals surface area contributed by atoms with Crippen molar-refractivity contribution in [1.82, 2.24) is 0 Å². The van der Waals surface area contributed by atoms with Crippen LogP contribution in [-0.4, -0.2) is 31.0 Å². The van der Waals surface area contributed by atoms with E-state index in [-0.39, 0.29) is 11.5 Å². The molecule has 1 unspecified atom stereocenters. The molecule has 1 N–H and O–H groups in total. The maximum Gasteiger partial charge on any atom is 0.310 e. The van der Waals surface area contributed by atoms with Crippen LogP contribution in [0.5, 0.6) is 0 Å². The van der Waals surface area contributed by atoms with Gasteiger partial charge in [-0.1, -0.05) is 58.3 Å². The standard InChI is InChI=1S/C15H28O4S/c1-2-3-4-5-6-7-8-9-10-15(14(16)17)11-12-20(18,19)13-15/h2-13H2,1H3,(H,16,17). The molecule has 5 heteroatoms. The molecule has 0 bridgehead atoms. The van der Waals surface area contributed by atoms with Crippen molar-refractivity contribution in [3.63, 3.8) is 0 Å². The van der Waals surface area contributed by atoms with Gasteiger partial charge in [-0.05, 0) is 12.8 Å². The van der Waals surface area contributed by atoms with Gasteiger partial charge in [-0.3, -0.25) is 4.79 Å². The van der Waals surface area contributed by atoms with Crippen molar-refractivity contribution in [3.8, 4) is 0 Å². The van der Waals surface area contributed by atoms with E-state index in [1.165, 1.54) is 32.1 Å². The Hall–Kier alpha value is -0.580. The molecule has 20 heavy (non-hydrogen) atoms. The van der Waals surface area contributed by atoms with Crippen LogP contribution in [0.3, 0.4) is 0 Å². The van der Waals surface area contributed by atoms with Crippen molar-refractivity contribution in [2.75, 3.05) is 11.5 Å².